The van der Waals surface area contributed by atoms with Crippen LogP contribution in [0.5, 0.6) is 5.75 Å². The summed E-state index contributed by atoms with van der Waals surface area (Å²) < 4.78 is 7.00. The molecule has 0 unspecified atom stereocenters. The van der Waals surface area contributed by atoms with Crippen LogP contribution in [0.1, 0.15) is 16.1 Å². The summed E-state index contributed by atoms with van der Waals surface area (Å²) in [4.78, 5) is 20.1. The fraction of sp³-hybridized carbons (Fsp3) is 0.194. The molecular weight excluding hydrogens is 502 g/mol. The molecule has 3 aromatic carbocycles. The number of aromatic nitrogens is 3. The van der Waals surface area contributed by atoms with Crippen LogP contribution < -0.4 is 25.6 Å². The van der Waals surface area contributed by atoms with Gasteiger partial charge in [-0.2, -0.15) is 5.10 Å². The van der Waals surface area contributed by atoms with E-state index >= 15 is 0 Å². The lowest BCUT2D eigenvalue weighted by Crippen LogP contribution is -2.43. The van der Waals surface area contributed by atoms with E-state index in [2.05, 4.69) is 43.1 Å². The Kier molecular flexibility index (Phi) is 7.28. The van der Waals surface area contributed by atoms with E-state index in [4.69, 9.17) is 4.74 Å². The smallest absolute Gasteiger partial charge is 0.274 e. The zero-order valence-electron chi connectivity index (χ0n) is 22.3. The predicted octanol–water partition coefficient (Wildman–Crippen LogP) is 4.68. The summed E-state index contributed by atoms with van der Waals surface area (Å²) in [6.07, 6.45) is 3.54. The van der Waals surface area contributed by atoms with Crippen molar-refractivity contribution < 1.29 is 9.53 Å². The van der Waals surface area contributed by atoms with Crippen LogP contribution >= 0.6 is 0 Å². The third-order valence-electron chi connectivity index (χ3n) is 7.01. The quantitative estimate of drug-likeness (QED) is 0.267. The van der Waals surface area contributed by atoms with Crippen LogP contribution in [-0.4, -0.2) is 53.8 Å². The summed E-state index contributed by atoms with van der Waals surface area (Å²) >= 11 is 0. The summed E-state index contributed by atoms with van der Waals surface area (Å²) in [5.74, 6) is 0.580. The first-order valence-electron chi connectivity index (χ1n) is 13.3. The molecule has 0 spiro atoms. The van der Waals surface area contributed by atoms with Crippen LogP contribution in [0.3, 0.4) is 0 Å². The first-order valence-corrected chi connectivity index (χ1v) is 13.3. The molecule has 2 aromatic heterocycles. The van der Waals surface area contributed by atoms with Gasteiger partial charge in [0, 0.05) is 61.5 Å². The number of anilines is 3. The van der Waals surface area contributed by atoms with E-state index in [-0.39, 0.29) is 5.91 Å². The van der Waals surface area contributed by atoms with Crippen molar-refractivity contribution in [2.45, 2.75) is 6.54 Å². The summed E-state index contributed by atoms with van der Waals surface area (Å²) in [5.41, 5.74) is 6.76. The van der Waals surface area contributed by atoms with Gasteiger partial charge in [0.1, 0.15) is 11.4 Å². The molecule has 0 radical (unpaired) electrons. The zero-order chi connectivity index (χ0) is 27.3. The number of fused-ring (bicyclic) bond motifs is 1. The molecule has 3 N–H and O–H groups in total. The SMILES string of the molecule is COc1cccc(CNc2ccc(-c3cnn4ccc(C(=O)Nc5cccc(N6CCNCC6)c5)nc34)cc2)c1. The maximum absolute atomic E-state index is 13.1. The minimum atomic E-state index is -0.260. The molecule has 0 atom stereocenters. The highest BCUT2D eigenvalue weighted by Gasteiger charge is 2.15. The van der Waals surface area contributed by atoms with Crippen LogP contribution in [0.2, 0.25) is 0 Å². The predicted molar refractivity (Wildman–Crippen MR) is 158 cm³/mol. The third kappa shape index (κ3) is 5.60. The van der Waals surface area contributed by atoms with Crippen LogP contribution in [0.4, 0.5) is 17.1 Å². The molecule has 6 rings (SSSR count). The largest absolute Gasteiger partial charge is 0.497 e. The molecule has 1 aliphatic heterocycles. The molecule has 9 heteroatoms. The lowest BCUT2D eigenvalue weighted by atomic mass is 10.1. The summed E-state index contributed by atoms with van der Waals surface area (Å²) in [6.45, 7) is 4.48. The van der Waals surface area contributed by atoms with Gasteiger partial charge in [-0.1, -0.05) is 30.3 Å². The number of ether oxygens (including phenoxy) is 1. The third-order valence-corrected chi connectivity index (χ3v) is 7.01. The Morgan fingerprint density at radius 3 is 2.62 bits per heavy atom. The van der Waals surface area contributed by atoms with Crippen molar-refractivity contribution in [2.24, 2.45) is 0 Å². The molecule has 3 heterocycles. The van der Waals surface area contributed by atoms with E-state index in [9.17, 15) is 4.79 Å². The summed E-state index contributed by atoms with van der Waals surface area (Å²) in [7, 11) is 1.67. The molecule has 0 aliphatic carbocycles. The lowest BCUT2D eigenvalue weighted by Gasteiger charge is -2.29. The van der Waals surface area contributed by atoms with Gasteiger partial charge in [-0.15, -0.1) is 0 Å². The monoisotopic (exact) mass is 533 g/mol. The van der Waals surface area contributed by atoms with E-state index in [1.807, 2.05) is 60.7 Å². The van der Waals surface area contributed by atoms with E-state index in [1.165, 1.54) is 0 Å². The fourth-order valence-electron chi connectivity index (χ4n) is 4.85. The minimum absolute atomic E-state index is 0.260. The Morgan fingerprint density at radius 1 is 0.975 bits per heavy atom. The molecule has 1 saturated heterocycles. The van der Waals surface area contributed by atoms with Crippen LogP contribution in [0, 0.1) is 0 Å². The number of methoxy groups -OCH3 is 1. The zero-order valence-corrected chi connectivity index (χ0v) is 22.3. The van der Waals surface area contributed by atoms with Crippen LogP contribution in [0.15, 0.2) is 91.3 Å². The van der Waals surface area contributed by atoms with Gasteiger partial charge >= 0.3 is 0 Å². The summed E-state index contributed by atoms with van der Waals surface area (Å²) in [5, 5.41) is 14.3. The van der Waals surface area contributed by atoms with Crippen molar-refractivity contribution >= 4 is 28.6 Å². The first-order chi connectivity index (χ1) is 19.7. The topological polar surface area (TPSA) is 95.8 Å². The van der Waals surface area contributed by atoms with Gasteiger partial charge in [0.25, 0.3) is 5.91 Å². The van der Waals surface area contributed by atoms with Gasteiger partial charge < -0.3 is 25.6 Å². The molecule has 1 fully saturated rings. The molecule has 0 saturated carbocycles. The second-order valence-corrected chi connectivity index (χ2v) is 9.66. The molecule has 40 heavy (non-hydrogen) atoms. The van der Waals surface area contributed by atoms with Crippen LogP contribution in [-0.2, 0) is 6.54 Å². The Bertz CT molecular complexity index is 1620. The highest BCUT2D eigenvalue weighted by atomic mass is 16.5. The van der Waals surface area contributed by atoms with Gasteiger partial charge in [0.15, 0.2) is 5.65 Å². The second-order valence-electron chi connectivity index (χ2n) is 9.66. The number of carbonyl (C=O) groups is 1. The van der Waals surface area contributed by atoms with Gasteiger partial charge in [-0.25, -0.2) is 9.50 Å². The van der Waals surface area contributed by atoms with Crippen molar-refractivity contribution in [3.8, 4) is 16.9 Å². The van der Waals surface area contributed by atoms with Crippen LogP contribution in [0.25, 0.3) is 16.8 Å². The molecule has 9 nitrogen and oxygen atoms in total. The van der Waals surface area contributed by atoms with Crippen molar-refractivity contribution in [3.63, 3.8) is 0 Å². The van der Waals surface area contributed by atoms with Crippen molar-refractivity contribution in [2.75, 3.05) is 48.8 Å². The van der Waals surface area contributed by atoms with E-state index in [0.717, 1.165) is 65.7 Å². The first kappa shape index (κ1) is 25.4. The van der Waals surface area contributed by atoms with E-state index in [0.29, 0.717) is 17.9 Å². The lowest BCUT2D eigenvalue weighted by molar-refractivity contribution is 0.102. The number of carbonyl (C=O) groups excluding carboxylic acids is 1. The standard InChI is InChI=1S/C31H31N7O2/c1-40-27-7-2-4-22(18-27)20-33-24-10-8-23(9-11-24)28-21-34-38-15-12-29(36-30(28)38)31(39)35-25-5-3-6-26(19-25)37-16-13-32-14-17-37/h2-12,15,18-19,21,32-33H,13-14,16-17,20H2,1H3,(H,35,39). The van der Waals surface area contributed by atoms with Gasteiger partial charge in [0.2, 0.25) is 0 Å². The number of piperazine rings is 1. The number of hydrogen-bond acceptors (Lipinski definition) is 7. The number of nitrogens with one attached hydrogen (secondary N) is 3. The fourth-order valence-corrected chi connectivity index (χ4v) is 4.85. The van der Waals surface area contributed by atoms with Gasteiger partial charge in [-0.3, -0.25) is 4.79 Å². The van der Waals surface area contributed by atoms with Gasteiger partial charge in [-0.05, 0) is 59.7 Å². The van der Waals surface area contributed by atoms with Gasteiger partial charge in [0.05, 0.1) is 13.3 Å². The highest BCUT2D eigenvalue weighted by Crippen LogP contribution is 2.26. The normalized spacial score (nSPS) is 13.3. The molecular formula is C31H31N7O2. The van der Waals surface area contributed by atoms with Crippen molar-refractivity contribution in [1.82, 2.24) is 19.9 Å². The number of rotatable bonds is 8. The average Bonchev–Trinajstić information content (AvgIpc) is 3.44. The van der Waals surface area contributed by atoms with Crippen molar-refractivity contribution in [1.29, 1.82) is 0 Å². The van der Waals surface area contributed by atoms with E-state index in [1.54, 1.807) is 30.1 Å². The Balaban J connectivity index is 1.16. The minimum Gasteiger partial charge on any atom is -0.497 e. The highest BCUT2D eigenvalue weighted by molar-refractivity contribution is 6.03. The Labute approximate surface area is 232 Å². The number of amides is 1. The maximum Gasteiger partial charge on any atom is 0.274 e. The second kappa shape index (κ2) is 11.5. The Morgan fingerprint density at radius 2 is 1.80 bits per heavy atom. The molecule has 5 aromatic rings. The number of nitrogens with zero attached hydrogens (tertiary/aromatic N) is 4. The van der Waals surface area contributed by atoms with E-state index < -0.39 is 0 Å². The molecule has 1 aliphatic rings. The molecule has 1 amide bonds. The maximum atomic E-state index is 13.1. The number of benzene rings is 3. The van der Waals surface area contributed by atoms with Crippen molar-refractivity contribution in [3.05, 3.63) is 103 Å². The number of hydrogen-bond donors (Lipinski definition) is 3. The molecule has 0 bridgehead atoms. The molecule has 202 valence electrons. The Hall–Kier alpha value is -4.89. The summed E-state index contributed by atoms with van der Waals surface area (Å²) in [6, 6.07) is 25.7. The average molecular weight is 534 g/mol.